The third kappa shape index (κ3) is 3.85. The summed E-state index contributed by atoms with van der Waals surface area (Å²) in [4.78, 5) is 18.3. The van der Waals surface area contributed by atoms with Gasteiger partial charge in [-0.05, 0) is 54.5 Å². The van der Waals surface area contributed by atoms with Crippen LogP contribution in [0.15, 0.2) is 61.3 Å². The summed E-state index contributed by atoms with van der Waals surface area (Å²) in [5.74, 6) is -0.503. The van der Waals surface area contributed by atoms with Gasteiger partial charge in [-0.3, -0.25) is 4.79 Å². The lowest BCUT2D eigenvalue weighted by Crippen LogP contribution is -2.26. The van der Waals surface area contributed by atoms with E-state index < -0.39 is 6.55 Å². The number of rotatable bonds is 5. The molecule has 1 atom stereocenters. The molecule has 1 aromatic carbocycles. The number of aromatic nitrogens is 3. The van der Waals surface area contributed by atoms with Crippen LogP contribution in [0.3, 0.4) is 0 Å². The Morgan fingerprint density at radius 3 is 2.57 bits per heavy atom. The highest BCUT2D eigenvalue weighted by atomic mass is 19.3. The first-order chi connectivity index (χ1) is 14.5. The van der Waals surface area contributed by atoms with E-state index in [9.17, 15) is 18.0 Å². The van der Waals surface area contributed by atoms with E-state index in [4.69, 9.17) is 0 Å². The zero-order chi connectivity index (χ0) is 21.3. The Morgan fingerprint density at radius 1 is 1.13 bits per heavy atom. The number of amides is 1. The van der Waals surface area contributed by atoms with E-state index in [1.165, 1.54) is 30.5 Å². The van der Waals surface area contributed by atoms with E-state index in [2.05, 4.69) is 16.7 Å². The second kappa shape index (κ2) is 8.14. The molecule has 1 unspecified atom stereocenters. The van der Waals surface area contributed by atoms with E-state index in [1.807, 2.05) is 12.1 Å². The second-order valence-corrected chi connectivity index (χ2v) is 7.07. The number of carbonyl (C=O) groups is 1. The summed E-state index contributed by atoms with van der Waals surface area (Å²) in [7, 11) is 0. The van der Waals surface area contributed by atoms with Gasteiger partial charge in [-0.1, -0.05) is 12.6 Å². The monoisotopic (exact) mass is 412 g/mol. The lowest BCUT2D eigenvalue weighted by molar-refractivity contribution is -0.125. The van der Waals surface area contributed by atoms with Crippen LogP contribution in [0.25, 0.3) is 22.6 Å². The fourth-order valence-corrected chi connectivity index (χ4v) is 3.70. The van der Waals surface area contributed by atoms with E-state index in [1.54, 1.807) is 17.0 Å². The SMILES string of the molecule is C=CC(=O)N1CCC(c2ccc(-c3ccc(F)cc3)nc2-c2ccn(C(F)F)n2)C1. The molecular weight excluding hydrogens is 393 g/mol. The first kappa shape index (κ1) is 19.9. The van der Waals surface area contributed by atoms with Gasteiger partial charge in [-0.25, -0.2) is 14.1 Å². The van der Waals surface area contributed by atoms with E-state index in [0.29, 0.717) is 40.4 Å². The Hall–Kier alpha value is -3.42. The van der Waals surface area contributed by atoms with Gasteiger partial charge >= 0.3 is 6.55 Å². The van der Waals surface area contributed by atoms with Crippen LogP contribution in [-0.2, 0) is 4.79 Å². The van der Waals surface area contributed by atoms with Gasteiger partial charge in [0.2, 0.25) is 5.91 Å². The topological polar surface area (TPSA) is 51.0 Å². The maximum Gasteiger partial charge on any atom is 0.333 e. The average Bonchev–Trinajstić information content (AvgIpc) is 3.43. The molecule has 1 aliphatic rings. The largest absolute Gasteiger partial charge is 0.339 e. The van der Waals surface area contributed by atoms with Crippen molar-refractivity contribution in [3.8, 4) is 22.6 Å². The number of nitrogens with zero attached hydrogens (tertiary/aromatic N) is 4. The number of carbonyl (C=O) groups excluding carboxylic acids is 1. The molecule has 30 heavy (non-hydrogen) atoms. The number of pyridine rings is 1. The van der Waals surface area contributed by atoms with Gasteiger partial charge in [0.1, 0.15) is 11.5 Å². The molecule has 1 saturated heterocycles. The average molecular weight is 412 g/mol. The van der Waals surface area contributed by atoms with Crippen LogP contribution in [0, 0.1) is 5.82 Å². The standard InChI is InChI=1S/C22H19F3N4O/c1-2-20(30)28-11-9-15(13-28)17-7-8-18(14-3-5-16(23)6-4-14)26-21(17)19-10-12-29(27-19)22(24)25/h2-8,10,12,15,22H,1,9,11,13H2. The van der Waals surface area contributed by atoms with Crippen LogP contribution in [0.4, 0.5) is 13.2 Å². The Bertz CT molecular complexity index is 1080. The van der Waals surface area contributed by atoms with Crippen molar-refractivity contribution in [3.05, 3.63) is 72.7 Å². The molecule has 3 heterocycles. The molecule has 4 rings (SSSR count). The summed E-state index contributed by atoms with van der Waals surface area (Å²) in [6, 6.07) is 11.1. The highest BCUT2D eigenvalue weighted by molar-refractivity contribution is 5.87. The molecule has 0 saturated carbocycles. The minimum atomic E-state index is -2.75. The van der Waals surface area contributed by atoms with Crippen molar-refractivity contribution in [1.29, 1.82) is 0 Å². The van der Waals surface area contributed by atoms with E-state index in [-0.39, 0.29) is 17.6 Å². The third-order valence-electron chi connectivity index (χ3n) is 5.23. The summed E-state index contributed by atoms with van der Waals surface area (Å²) in [6.45, 7) is 1.84. The predicted octanol–water partition coefficient (Wildman–Crippen LogP) is 4.65. The molecule has 1 amide bonds. The Morgan fingerprint density at radius 2 is 1.90 bits per heavy atom. The molecular formula is C22H19F3N4O. The number of likely N-dealkylation sites (tertiary alicyclic amines) is 1. The highest BCUT2D eigenvalue weighted by Gasteiger charge is 2.29. The fourth-order valence-electron chi connectivity index (χ4n) is 3.70. The quantitative estimate of drug-likeness (QED) is 0.574. The first-order valence-corrected chi connectivity index (χ1v) is 9.48. The van der Waals surface area contributed by atoms with Gasteiger partial charge in [0.15, 0.2) is 0 Å². The number of halogens is 3. The lowest BCUT2D eigenvalue weighted by atomic mass is 9.94. The number of benzene rings is 1. The summed E-state index contributed by atoms with van der Waals surface area (Å²) in [5, 5.41) is 3.98. The molecule has 2 aromatic heterocycles. The van der Waals surface area contributed by atoms with E-state index >= 15 is 0 Å². The molecule has 0 spiro atoms. The third-order valence-corrected chi connectivity index (χ3v) is 5.23. The van der Waals surface area contributed by atoms with Crippen LogP contribution >= 0.6 is 0 Å². The molecule has 5 nitrogen and oxygen atoms in total. The maximum absolute atomic E-state index is 13.3. The fraction of sp³-hybridized carbons (Fsp3) is 0.227. The summed E-state index contributed by atoms with van der Waals surface area (Å²) in [5.41, 5.74) is 2.92. The van der Waals surface area contributed by atoms with Crippen LogP contribution in [0.1, 0.15) is 24.5 Å². The second-order valence-electron chi connectivity index (χ2n) is 7.07. The van der Waals surface area contributed by atoms with Gasteiger partial charge in [-0.15, -0.1) is 0 Å². The Kier molecular flexibility index (Phi) is 5.39. The Balaban J connectivity index is 1.76. The minimum absolute atomic E-state index is 0.00429. The zero-order valence-corrected chi connectivity index (χ0v) is 16.0. The first-order valence-electron chi connectivity index (χ1n) is 9.48. The molecule has 154 valence electrons. The number of alkyl halides is 2. The maximum atomic E-state index is 13.3. The predicted molar refractivity (Wildman–Crippen MR) is 106 cm³/mol. The van der Waals surface area contributed by atoms with Crippen molar-refractivity contribution in [2.24, 2.45) is 0 Å². The smallest absolute Gasteiger partial charge is 0.333 e. The van der Waals surface area contributed by atoms with Gasteiger partial charge in [0, 0.05) is 30.8 Å². The zero-order valence-electron chi connectivity index (χ0n) is 16.0. The van der Waals surface area contributed by atoms with Crippen molar-refractivity contribution in [3.63, 3.8) is 0 Å². The molecule has 8 heteroatoms. The molecule has 0 bridgehead atoms. The molecule has 0 aliphatic carbocycles. The van der Waals surface area contributed by atoms with Crippen molar-refractivity contribution < 1.29 is 18.0 Å². The van der Waals surface area contributed by atoms with Crippen LogP contribution in [0.5, 0.6) is 0 Å². The minimum Gasteiger partial charge on any atom is -0.339 e. The highest BCUT2D eigenvalue weighted by Crippen LogP contribution is 2.35. The van der Waals surface area contributed by atoms with Crippen molar-refractivity contribution >= 4 is 5.91 Å². The molecule has 1 aliphatic heterocycles. The Labute approximate surface area is 171 Å². The van der Waals surface area contributed by atoms with Crippen molar-refractivity contribution in [2.75, 3.05) is 13.1 Å². The molecule has 3 aromatic rings. The van der Waals surface area contributed by atoms with Crippen molar-refractivity contribution in [1.82, 2.24) is 19.7 Å². The van der Waals surface area contributed by atoms with Crippen LogP contribution in [0.2, 0.25) is 0 Å². The summed E-state index contributed by atoms with van der Waals surface area (Å²) in [6.07, 6.45) is 3.21. The molecule has 0 radical (unpaired) electrons. The lowest BCUT2D eigenvalue weighted by Gasteiger charge is -2.17. The molecule has 1 fully saturated rings. The van der Waals surface area contributed by atoms with Gasteiger partial charge in [0.25, 0.3) is 0 Å². The normalized spacial score (nSPS) is 16.3. The summed E-state index contributed by atoms with van der Waals surface area (Å²) >= 11 is 0. The number of hydrogen-bond acceptors (Lipinski definition) is 3. The van der Waals surface area contributed by atoms with Gasteiger partial charge in [-0.2, -0.15) is 13.9 Å². The van der Waals surface area contributed by atoms with E-state index in [0.717, 1.165) is 12.0 Å². The van der Waals surface area contributed by atoms with Crippen molar-refractivity contribution in [2.45, 2.75) is 18.9 Å². The summed E-state index contributed by atoms with van der Waals surface area (Å²) < 4.78 is 40.0. The molecule has 0 N–H and O–H groups in total. The van der Waals surface area contributed by atoms with Gasteiger partial charge in [0.05, 0.1) is 11.4 Å². The number of hydrogen-bond donors (Lipinski definition) is 0. The van der Waals surface area contributed by atoms with Crippen LogP contribution in [-0.4, -0.2) is 38.7 Å². The van der Waals surface area contributed by atoms with Gasteiger partial charge < -0.3 is 4.90 Å². The van der Waals surface area contributed by atoms with Crippen LogP contribution < -0.4 is 0 Å².